The lowest BCUT2D eigenvalue weighted by Crippen LogP contribution is -2.07. The van der Waals surface area contributed by atoms with E-state index in [1.807, 2.05) is 12.1 Å². The van der Waals surface area contributed by atoms with Gasteiger partial charge in [0.1, 0.15) is 5.92 Å². The van der Waals surface area contributed by atoms with Crippen LogP contribution in [0.2, 0.25) is 5.02 Å². The van der Waals surface area contributed by atoms with Crippen molar-refractivity contribution in [3.63, 3.8) is 0 Å². The van der Waals surface area contributed by atoms with Gasteiger partial charge in [-0.2, -0.15) is 10.5 Å². The molecular formula is C13H12ClN3O2S. The number of thioether (sulfide) groups is 1. The van der Waals surface area contributed by atoms with Gasteiger partial charge in [0.15, 0.2) is 5.69 Å². The van der Waals surface area contributed by atoms with E-state index >= 15 is 0 Å². The minimum atomic E-state index is -0.607. The molecule has 1 heterocycles. The number of carbonyl (C=O) groups excluding carboxylic acids is 1. The summed E-state index contributed by atoms with van der Waals surface area (Å²) >= 11 is 7.40. The van der Waals surface area contributed by atoms with Crippen LogP contribution in [-0.4, -0.2) is 23.3 Å². The number of nitriles is 2. The number of esters is 1. The van der Waals surface area contributed by atoms with E-state index in [0.29, 0.717) is 12.2 Å². The standard InChI is InChI=1S/C13H12ClN3O2S/c1-2-19-13(18)12-11(14)5-10(8-17-12)20-4-3-9(6-15)7-16/h5,8-9H,2-4H2,1H3. The van der Waals surface area contributed by atoms with Crippen LogP contribution in [0.15, 0.2) is 17.2 Å². The fraction of sp³-hybridized carbons (Fsp3) is 0.385. The van der Waals surface area contributed by atoms with Gasteiger partial charge in [-0.05, 0) is 19.4 Å². The normalized spacial score (nSPS) is 9.85. The molecule has 0 radical (unpaired) electrons. The minimum Gasteiger partial charge on any atom is -0.461 e. The summed E-state index contributed by atoms with van der Waals surface area (Å²) in [7, 11) is 0. The van der Waals surface area contributed by atoms with Crippen molar-refractivity contribution in [2.75, 3.05) is 12.4 Å². The maximum Gasteiger partial charge on any atom is 0.358 e. The molecule has 0 aromatic carbocycles. The van der Waals surface area contributed by atoms with Crippen LogP contribution in [0.3, 0.4) is 0 Å². The molecule has 0 saturated carbocycles. The largest absolute Gasteiger partial charge is 0.461 e. The van der Waals surface area contributed by atoms with Crippen molar-refractivity contribution in [1.82, 2.24) is 4.98 Å². The topological polar surface area (TPSA) is 86.8 Å². The molecule has 0 unspecified atom stereocenters. The maximum atomic E-state index is 11.5. The summed E-state index contributed by atoms with van der Waals surface area (Å²) < 4.78 is 4.83. The number of nitrogens with zero attached hydrogens (tertiary/aromatic N) is 3. The van der Waals surface area contributed by atoms with E-state index in [1.165, 1.54) is 18.0 Å². The molecule has 0 aliphatic carbocycles. The van der Waals surface area contributed by atoms with Crippen LogP contribution in [0.5, 0.6) is 0 Å². The first-order chi connectivity index (χ1) is 9.62. The molecule has 0 aliphatic heterocycles. The van der Waals surface area contributed by atoms with Gasteiger partial charge in [-0.15, -0.1) is 11.8 Å². The van der Waals surface area contributed by atoms with Crippen LogP contribution >= 0.6 is 23.4 Å². The first-order valence-corrected chi connectivity index (χ1v) is 7.23. The molecule has 0 aliphatic rings. The highest BCUT2D eigenvalue weighted by Gasteiger charge is 2.14. The number of hydrogen-bond acceptors (Lipinski definition) is 6. The molecule has 0 amide bonds. The van der Waals surface area contributed by atoms with Gasteiger partial charge in [0.2, 0.25) is 0 Å². The second kappa shape index (κ2) is 8.42. The molecule has 1 aromatic rings. The molecule has 0 atom stereocenters. The summed E-state index contributed by atoms with van der Waals surface area (Å²) in [5.74, 6) is -0.560. The van der Waals surface area contributed by atoms with Gasteiger partial charge in [-0.25, -0.2) is 9.78 Å². The van der Waals surface area contributed by atoms with Crippen LogP contribution in [0.1, 0.15) is 23.8 Å². The SMILES string of the molecule is CCOC(=O)c1ncc(SCCC(C#N)C#N)cc1Cl. The number of pyridine rings is 1. The van der Waals surface area contributed by atoms with Crippen LogP contribution in [0.25, 0.3) is 0 Å². The molecule has 20 heavy (non-hydrogen) atoms. The zero-order valence-electron chi connectivity index (χ0n) is 10.8. The van der Waals surface area contributed by atoms with Crippen molar-refractivity contribution in [2.24, 2.45) is 5.92 Å². The van der Waals surface area contributed by atoms with Gasteiger partial charge in [0.05, 0.1) is 23.8 Å². The molecule has 0 N–H and O–H groups in total. The number of hydrogen-bond donors (Lipinski definition) is 0. The molecule has 0 fully saturated rings. The Morgan fingerprint density at radius 3 is 2.80 bits per heavy atom. The summed E-state index contributed by atoms with van der Waals surface area (Å²) in [4.78, 5) is 16.3. The van der Waals surface area contributed by atoms with Crippen LogP contribution < -0.4 is 0 Å². The van der Waals surface area contributed by atoms with Gasteiger partial charge in [0, 0.05) is 16.8 Å². The zero-order valence-corrected chi connectivity index (χ0v) is 12.4. The third-order valence-corrected chi connectivity index (χ3v) is 3.56. The Morgan fingerprint density at radius 1 is 1.55 bits per heavy atom. The summed E-state index contributed by atoms with van der Waals surface area (Å²) in [6.07, 6.45) is 1.99. The Balaban J connectivity index is 2.62. The molecule has 5 nitrogen and oxygen atoms in total. The van der Waals surface area contributed by atoms with E-state index < -0.39 is 11.9 Å². The van der Waals surface area contributed by atoms with Crippen molar-refractivity contribution in [2.45, 2.75) is 18.2 Å². The number of carbonyl (C=O) groups is 1. The van der Waals surface area contributed by atoms with Gasteiger partial charge < -0.3 is 4.74 Å². The lowest BCUT2D eigenvalue weighted by molar-refractivity contribution is 0.0519. The second-order valence-electron chi connectivity index (χ2n) is 3.67. The van der Waals surface area contributed by atoms with Gasteiger partial charge >= 0.3 is 5.97 Å². The van der Waals surface area contributed by atoms with E-state index in [4.69, 9.17) is 26.9 Å². The number of aromatic nitrogens is 1. The van der Waals surface area contributed by atoms with Crippen molar-refractivity contribution in [3.8, 4) is 12.1 Å². The van der Waals surface area contributed by atoms with E-state index in [9.17, 15) is 4.79 Å². The summed E-state index contributed by atoms with van der Waals surface area (Å²) in [6, 6.07) is 5.44. The van der Waals surface area contributed by atoms with E-state index in [-0.39, 0.29) is 17.3 Å². The highest BCUT2D eigenvalue weighted by molar-refractivity contribution is 7.99. The zero-order chi connectivity index (χ0) is 15.0. The Kier molecular flexibility index (Phi) is 6.86. The Bertz CT molecular complexity index is 552. The van der Waals surface area contributed by atoms with E-state index in [0.717, 1.165) is 4.90 Å². The molecule has 7 heteroatoms. The fourth-order valence-corrected chi connectivity index (χ4v) is 2.53. The Morgan fingerprint density at radius 2 is 2.25 bits per heavy atom. The quantitative estimate of drug-likeness (QED) is 0.593. The number of halogens is 1. The highest BCUT2D eigenvalue weighted by Crippen LogP contribution is 2.25. The predicted molar refractivity (Wildman–Crippen MR) is 75.3 cm³/mol. The number of ether oxygens (including phenoxy) is 1. The first-order valence-electron chi connectivity index (χ1n) is 5.87. The van der Waals surface area contributed by atoms with Crippen LogP contribution in [0.4, 0.5) is 0 Å². The lowest BCUT2D eigenvalue weighted by atomic mass is 10.1. The molecular weight excluding hydrogens is 298 g/mol. The first kappa shape index (κ1) is 16.3. The average Bonchev–Trinajstić information content (AvgIpc) is 2.44. The van der Waals surface area contributed by atoms with Gasteiger partial charge in [-0.1, -0.05) is 11.6 Å². The van der Waals surface area contributed by atoms with Crippen molar-refractivity contribution in [1.29, 1.82) is 10.5 Å². The van der Waals surface area contributed by atoms with Crippen LogP contribution in [0, 0.1) is 28.6 Å². The highest BCUT2D eigenvalue weighted by atomic mass is 35.5. The fourth-order valence-electron chi connectivity index (χ4n) is 1.30. The summed E-state index contributed by atoms with van der Waals surface area (Å²) in [6.45, 7) is 1.97. The summed E-state index contributed by atoms with van der Waals surface area (Å²) in [5, 5.41) is 17.5. The van der Waals surface area contributed by atoms with Crippen molar-refractivity contribution in [3.05, 3.63) is 23.0 Å². The monoisotopic (exact) mass is 309 g/mol. The average molecular weight is 310 g/mol. The summed E-state index contributed by atoms with van der Waals surface area (Å²) in [5.41, 5.74) is 0.0878. The second-order valence-corrected chi connectivity index (χ2v) is 5.25. The molecule has 0 spiro atoms. The smallest absolute Gasteiger partial charge is 0.358 e. The molecule has 0 bridgehead atoms. The predicted octanol–water partition coefficient (Wildman–Crippen LogP) is 3.06. The minimum absolute atomic E-state index is 0.0878. The van der Waals surface area contributed by atoms with Crippen molar-refractivity contribution >= 4 is 29.3 Å². The maximum absolute atomic E-state index is 11.5. The van der Waals surface area contributed by atoms with Crippen molar-refractivity contribution < 1.29 is 9.53 Å². The van der Waals surface area contributed by atoms with E-state index in [2.05, 4.69) is 4.98 Å². The Hall–Kier alpha value is -1.76. The Labute approximate surface area is 126 Å². The molecule has 1 aromatic heterocycles. The third kappa shape index (κ3) is 4.73. The molecule has 0 saturated heterocycles. The van der Waals surface area contributed by atoms with Gasteiger partial charge in [-0.3, -0.25) is 0 Å². The lowest BCUT2D eigenvalue weighted by Gasteiger charge is -2.06. The molecule has 104 valence electrons. The van der Waals surface area contributed by atoms with E-state index in [1.54, 1.807) is 13.0 Å². The van der Waals surface area contributed by atoms with Crippen LogP contribution in [-0.2, 0) is 4.74 Å². The molecule has 1 rings (SSSR count). The third-order valence-electron chi connectivity index (χ3n) is 2.27. The number of rotatable bonds is 6. The van der Waals surface area contributed by atoms with Gasteiger partial charge in [0.25, 0.3) is 0 Å².